The third kappa shape index (κ3) is 1.92. The minimum absolute atomic E-state index is 0.181. The van der Waals surface area contributed by atoms with Gasteiger partial charge >= 0.3 is 0 Å². The molecule has 3 heterocycles. The number of fused-ring (bicyclic) bond motifs is 2. The number of hydrogen-bond acceptors (Lipinski definition) is 5. The molecule has 0 atom stereocenters. The fourth-order valence-electron chi connectivity index (χ4n) is 2.24. The summed E-state index contributed by atoms with van der Waals surface area (Å²) in [6.45, 7) is 0.181. The maximum absolute atomic E-state index is 6.23. The summed E-state index contributed by atoms with van der Waals surface area (Å²) in [5.41, 5.74) is 2.81. The first-order valence-corrected chi connectivity index (χ1v) is 7.86. The molecule has 0 saturated carbocycles. The second kappa shape index (κ2) is 4.69. The molecule has 0 spiro atoms. The molecule has 4 nitrogen and oxygen atoms in total. The predicted octanol–water partition coefficient (Wildman–Crippen LogP) is 3.93. The minimum atomic E-state index is 0.181. The minimum Gasteiger partial charge on any atom is -0.454 e. The number of aromatic nitrogens is 2. The highest BCUT2D eigenvalue weighted by atomic mass is 35.5. The summed E-state index contributed by atoms with van der Waals surface area (Å²) < 4.78 is 10.7. The summed E-state index contributed by atoms with van der Waals surface area (Å²) in [4.78, 5) is 8.95. The highest BCUT2D eigenvalue weighted by Gasteiger charge is 2.22. The van der Waals surface area contributed by atoms with Gasteiger partial charge in [0.15, 0.2) is 17.3 Å². The van der Waals surface area contributed by atoms with Gasteiger partial charge in [0, 0.05) is 22.6 Å². The van der Waals surface area contributed by atoms with Gasteiger partial charge in [-0.05, 0) is 12.1 Å². The fraction of sp³-hybridized carbons (Fsp3) is 0.231. The van der Waals surface area contributed by atoms with Crippen molar-refractivity contribution in [3.8, 4) is 22.9 Å². The molecule has 1 aromatic carbocycles. The van der Waals surface area contributed by atoms with Gasteiger partial charge in [0.1, 0.15) is 5.15 Å². The van der Waals surface area contributed by atoms with Crippen LogP contribution in [0.5, 0.6) is 11.5 Å². The standard InChI is InChI=1S/C13H8Cl2N2O2S/c14-8-1-6(2-10-11(8)19-5-18-10)13-16-9-4-20-3-7(9)12(15)17-13/h1-2H,3-5H2. The zero-order valence-corrected chi connectivity index (χ0v) is 12.5. The van der Waals surface area contributed by atoms with Crippen LogP contribution in [0.3, 0.4) is 0 Å². The Morgan fingerprint density at radius 2 is 2.00 bits per heavy atom. The lowest BCUT2D eigenvalue weighted by molar-refractivity contribution is 0.174. The van der Waals surface area contributed by atoms with Crippen molar-refractivity contribution in [1.82, 2.24) is 9.97 Å². The van der Waals surface area contributed by atoms with Crippen LogP contribution in [0.25, 0.3) is 11.4 Å². The van der Waals surface area contributed by atoms with E-state index in [-0.39, 0.29) is 6.79 Å². The molecule has 2 aromatic rings. The number of hydrogen-bond donors (Lipinski definition) is 0. The molecule has 0 saturated heterocycles. The number of nitrogens with zero attached hydrogens (tertiary/aromatic N) is 2. The van der Waals surface area contributed by atoms with Crippen molar-refractivity contribution in [3.05, 3.63) is 33.6 Å². The molecule has 0 aliphatic carbocycles. The molecule has 0 N–H and O–H groups in total. The Balaban J connectivity index is 1.86. The summed E-state index contributed by atoms with van der Waals surface area (Å²) in [5, 5.41) is 1.01. The van der Waals surface area contributed by atoms with Gasteiger partial charge in [-0.1, -0.05) is 23.2 Å². The molecule has 4 rings (SSSR count). The van der Waals surface area contributed by atoms with Gasteiger partial charge in [0.05, 0.1) is 10.7 Å². The monoisotopic (exact) mass is 326 g/mol. The van der Waals surface area contributed by atoms with Crippen LogP contribution in [0.15, 0.2) is 12.1 Å². The van der Waals surface area contributed by atoms with E-state index in [9.17, 15) is 0 Å². The molecule has 0 radical (unpaired) electrons. The first-order chi connectivity index (χ1) is 9.72. The first kappa shape index (κ1) is 12.6. The largest absolute Gasteiger partial charge is 0.454 e. The molecule has 0 amide bonds. The van der Waals surface area contributed by atoms with E-state index in [1.165, 1.54) is 0 Å². The lowest BCUT2D eigenvalue weighted by atomic mass is 10.1. The first-order valence-electron chi connectivity index (χ1n) is 5.95. The normalized spacial score (nSPS) is 15.5. The van der Waals surface area contributed by atoms with Crippen molar-refractivity contribution in [1.29, 1.82) is 0 Å². The topological polar surface area (TPSA) is 44.2 Å². The van der Waals surface area contributed by atoms with Crippen LogP contribution in [-0.2, 0) is 11.5 Å². The summed E-state index contributed by atoms with van der Waals surface area (Å²) in [5.74, 6) is 3.48. The number of ether oxygens (including phenoxy) is 2. The van der Waals surface area contributed by atoms with E-state index in [0.717, 1.165) is 28.3 Å². The van der Waals surface area contributed by atoms with Crippen molar-refractivity contribution < 1.29 is 9.47 Å². The number of thioether (sulfide) groups is 1. The van der Waals surface area contributed by atoms with E-state index in [2.05, 4.69) is 9.97 Å². The molecular formula is C13H8Cl2N2O2S. The van der Waals surface area contributed by atoms with Gasteiger partial charge in [0.2, 0.25) is 6.79 Å². The average molecular weight is 327 g/mol. The molecule has 0 bridgehead atoms. The molecule has 2 aliphatic rings. The lowest BCUT2D eigenvalue weighted by Gasteiger charge is -2.07. The predicted molar refractivity (Wildman–Crippen MR) is 78.6 cm³/mol. The van der Waals surface area contributed by atoms with Crippen LogP contribution < -0.4 is 9.47 Å². The molecule has 0 fully saturated rings. The number of rotatable bonds is 1. The van der Waals surface area contributed by atoms with E-state index in [0.29, 0.717) is 27.5 Å². The maximum Gasteiger partial charge on any atom is 0.231 e. The third-order valence-corrected chi connectivity index (χ3v) is 4.78. The molecule has 0 unspecified atom stereocenters. The fourth-order valence-corrected chi connectivity index (χ4v) is 3.88. The van der Waals surface area contributed by atoms with Crippen molar-refractivity contribution in [3.63, 3.8) is 0 Å². The Morgan fingerprint density at radius 1 is 1.10 bits per heavy atom. The Kier molecular flexibility index (Phi) is 2.94. The summed E-state index contributed by atoms with van der Waals surface area (Å²) in [6, 6.07) is 3.60. The Bertz CT molecular complexity index is 663. The van der Waals surface area contributed by atoms with Gasteiger partial charge < -0.3 is 9.47 Å². The summed E-state index contributed by atoms with van der Waals surface area (Å²) >= 11 is 14.2. The van der Waals surface area contributed by atoms with E-state index < -0.39 is 0 Å². The molecule has 102 valence electrons. The molecule has 20 heavy (non-hydrogen) atoms. The Morgan fingerprint density at radius 3 is 2.90 bits per heavy atom. The summed E-state index contributed by atoms with van der Waals surface area (Å²) in [6.07, 6.45) is 0. The third-order valence-electron chi connectivity index (χ3n) is 3.21. The van der Waals surface area contributed by atoms with Crippen molar-refractivity contribution in [2.45, 2.75) is 11.5 Å². The second-order valence-corrected chi connectivity index (χ2v) is 6.20. The number of benzene rings is 1. The highest BCUT2D eigenvalue weighted by molar-refractivity contribution is 7.98. The van der Waals surface area contributed by atoms with Gasteiger partial charge in [-0.2, -0.15) is 11.8 Å². The van der Waals surface area contributed by atoms with E-state index in [1.807, 2.05) is 6.07 Å². The van der Waals surface area contributed by atoms with Gasteiger partial charge in [-0.3, -0.25) is 0 Å². The van der Waals surface area contributed by atoms with Crippen LogP contribution >= 0.6 is 35.0 Å². The van der Waals surface area contributed by atoms with E-state index in [1.54, 1.807) is 17.8 Å². The molecule has 1 aromatic heterocycles. The second-order valence-electron chi connectivity index (χ2n) is 4.45. The quantitative estimate of drug-likeness (QED) is 0.743. The SMILES string of the molecule is Clc1cc(-c2nc(Cl)c3c(n2)CSC3)cc2c1OCO2. The Labute approximate surface area is 129 Å². The summed E-state index contributed by atoms with van der Waals surface area (Å²) in [7, 11) is 0. The van der Waals surface area contributed by atoms with Crippen LogP contribution in [0.2, 0.25) is 10.2 Å². The van der Waals surface area contributed by atoms with Gasteiger partial charge in [-0.15, -0.1) is 0 Å². The van der Waals surface area contributed by atoms with Crippen LogP contribution in [0.4, 0.5) is 0 Å². The number of halogens is 2. The zero-order valence-electron chi connectivity index (χ0n) is 10.2. The van der Waals surface area contributed by atoms with Crippen molar-refractivity contribution in [2.24, 2.45) is 0 Å². The average Bonchev–Trinajstić information content (AvgIpc) is 3.06. The molecular weight excluding hydrogens is 319 g/mol. The van der Waals surface area contributed by atoms with Crippen molar-refractivity contribution >= 4 is 35.0 Å². The molecule has 2 aliphatic heterocycles. The smallest absolute Gasteiger partial charge is 0.231 e. The lowest BCUT2D eigenvalue weighted by Crippen LogP contribution is -1.97. The van der Waals surface area contributed by atoms with Crippen LogP contribution in [0, 0.1) is 0 Å². The van der Waals surface area contributed by atoms with E-state index >= 15 is 0 Å². The zero-order chi connectivity index (χ0) is 13.7. The van der Waals surface area contributed by atoms with Crippen LogP contribution in [0.1, 0.15) is 11.3 Å². The molecule has 7 heteroatoms. The van der Waals surface area contributed by atoms with Gasteiger partial charge in [0.25, 0.3) is 0 Å². The maximum atomic E-state index is 6.23. The van der Waals surface area contributed by atoms with Crippen LogP contribution in [-0.4, -0.2) is 16.8 Å². The Hall–Kier alpha value is -1.17. The van der Waals surface area contributed by atoms with E-state index in [4.69, 9.17) is 32.7 Å². The van der Waals surface area contributed by atoms with Crippen molar-refractivity contribution in [2.75, 3.05) is 6.79 Å². The van der Waals surface area contributed by atoms with Gasteiger partial charge in [-0.25, -0.2) is 9.97 Å². The highest BCUT2D eigenvalue weighted by Crippen LogP contribution is 2.42.